The zero-order valence-corrected chi connectivity index (χ0v) is 18.9. The predicted molar refractivity (Wildman–Crippen MR) is 139 cm³/mol. The van der Waals surface area contributed by atoms with Crippen molar-refractivity contribution >= 4 is 0 Å². The number of benzene rings is 5. The van der Waals surface area contributed by atoms with E-state index >= 15 is 0 Å². The summed E-state index contributed by atoms with van der Waals surface area (Å²) in [4.78, 5) is 0. The zero-order chi connectivity index (χ0) is 22.5. The Morgan fingerprint density at radius 1 is 0.424 bits per heavy atom. The molecule has 0 saturated heterocycles. The first-order valence-corrected chi connectivity index (χ1v) is 11.6. The molecule has 0 N–H and O–H groups in total. The summed E-state index contributed by atoms with van der Waals surface area (Å²) in [5.74, 6) is 0.0887. The van der Waals surface area contributed by atoms with Crippen LogP contribution in [-0.4, -0.2) is 0 Å². The fraction of sp³-hybridized carbons (Fsp3) is 0.0909. The van der Waals surface area contributed by atoms with Gasteiger partial charge in [0, 0.05) is 5.92 Å². The van der Waals surface area contributed by atoms with E-state index in [1.807, 2.05) is 0 Å². The van der Waals surface area contributed by atoms with Gasteiger partial charge in [0.05, 0.1) is 5.41 Å². The van der Waals surface area contributed by atoms with Crippen LogP contribution in [0.25, 0.3) is 0 Å². The van der Waals surface area contributed by atoms with Crippen LogP contribution in [0.5, 0.6) is 0 Å². The fourth-order valence-corrected chi connectivity index (χ4v) is 5.29. The first-order valence-electron chi connectivity index (χ1n) is 11.6. The van der Waals surface area contributed by atoms with Crippen LogP contribution in [-0.2, 0) is 5.41 Å². The van der Waals surface area contributed by atoms with E-state index in [4.69, 9.17) is 0 Å². The molecule has 0 aliphatic rings. The molecule has 0 aliphatic heterocycles. The van der Waals surface area contributed by atoms with Crippen LogP contribution < -0.4 is 0 Å². The highest BCUT2D eigenvalue weighted by atomic mass is 14.5. The summed E-state index contributed by atoms with van der Waals surface area (Å²) in [7, 11) is 0. The molecule has 0 amide bonds. The average Bonchev–Trinajstić information content (AvgIpc) is 2.89. The Morgan fingerprint density at radius 3 is 1.24 bits per heavy atom. The molecule has 0 bridgehead atoms. The van der Waals surface area contributed by atoms with Crippen LogP contribution in [0.3, 0.4) is 0 Å². The van der Waals surface area contributed by atoms with Crippen molar-refractivity contribution in [3.63, 3.8) is 0 Å². The second kappa shape index (κ2) is 9.30. The highest BCUT2D eigenvalue weighted by Crippen LogP contribution is 2.52. The lowest BCUT2D eigenvalue weighted by Gasteiger charge is -2.43. The van der Waals surface area contributed by atoms with Crippen LogP contribution in [0.2, 0.25) is 0 Å². The van der Waals surface area contributed by atoms with Crippen molar-refractivity contribution in [1.82, 2.24) is 0 Å². The zero-order valence-electron chi connectivity index (χ0n) is 18.9. The van der Waals surface area contributed by atoms with Gasteiger partial charge in [-0.2, -0.15) is 0 Å². The third-order valence-electron chi connectivity index (χ3n) is 6.63. The summed E-state index contributed by atoms with van der Waals surface area (Å²) in [5, 5.41) is 0. The molecule has 0 heteroatoms. The van der Waals surface area contributed by atoms with Gasteiger partial charge in [-0.05, 0) is 34.7 Å². The van der Waals surface area contributed by atoms with E-state index in [1.54, 1.807) is 0 Å². The van der Waals surface area contributed by atoms with E-state index in [1.165, 1.54) is 33.4 Å². The van der Waals surface area contributed by atoms with Crippen molar-refractivity contribution in [2.45, 2.75) is 18.3 Å². The molecule has 5 aromatic rings. The van der Waals surface area contributed by atoms with Crippen LogP contribution in [0.4, 0.5) is 0 Å². The fourth-order valence-electron chi connectivity index (χ4n) is 5.29. The SMILES string of the molecule is Cc1cccc([C@H](c2ccccc2)C(c2ccccc2)(c2ccccc2)c2ccccc2)c1. The van der Waals surface area contributed by atoms with Gasteiger partial charge in [0.1, 0.15) is 0 Å². The summed E-state index contributed by atoms with van der Waals surface area (Å²) in [6.07, 6.45) is 0. The third kappa shape index (κ3) is 3.90. The lowest BCUT2D eigenvalue weighted by molar-refractivity contribution is 0.537. The molecule has 5 rings (SSSR count). The molecule has 0 radical (unpaired) electrons. The van der Waals surface area contributed by atoms with E-state index in [-0.39, 0.29) is 5.92 Å². The first kappa shape index (κ1) is 21.0. The van der Waals surface area contributed by atoms with Crippen LogP contribution in [0.1, 0.15) is 39.3 Å². The largest absolute Gasteiger partial charge is 0.0622 e. The highest BCUT2D eigenvalue weighted by molar-refractivity contribution is 5.58. The molecule has 0 saturated carbocycles. The van der Waals surface area contributed by atoms with E-state index in [0.29, 0.717) is 0 Å². The van der Waals surface area contributed by atoms with Gasteiger partial charge in [-0.25, -0.2) is 0 Å². The van der Waals surface area contributed by atoms with E-state index in [9.17, 15) is 0 Å². The quantitative estimate of drug-likeness (QED) is 0.241. The van der Waals surface area contributed by atoms with Gasteiger partial charge in [0.25, 0.3) is 0 Å². The minimum atomic E-state index is -0.404. The van der Waals surface area contributed by atoms with E-state index < -0.39 is 5.41 Å². The Hall–Kier alpha value is -3.90. The number of rotatable bonds is 6. The Balaban J connectivity index is 1.95. The van der Waals surface area contributed by atoms with E-state index in [2.05, 4.69) is 153 Å². The summed E-state index contributed by atoms with van der Waals surface area (Å²) >= 11 is 0. The minimum Gasteiger partial charge on any atom is -0.0622 e. The molecule has 0 heterocycles. The topological polar surface area (TPSA) is 0 Å². The lowest BCUT2D eigenvalue weighted by atomic mass is 9.58. The van der Waals surface area contributed by atoms with Gasteiger partial charge in [-0.15, -0.1) is 0 Å². The van der Waals surface area contributed by atoms with Crippen molar-refractivity contribution in [3.8, 4) is 0 Å². The molecule has 160 valence electrons. The Bertz CT molecular complexity index is 1190. The second-order valence-electron chi connectivity index (χ2n) is 8.66. The molecule has 33 heavy (non-hydrogen) atoms. The van der Waals surface area contributed by atoms with Gasteiger partial charge >= 0.3 is 0 Å². The molecular weight excluding hydrogens is 396 g/mol. The molecule has 5 aromatic carbocycles. The van der Waals surface area contributed by atoms with Gasteiger partial charge in [0.2, 0.25) is 0 Å². The summed E-state index contributed by atoms with van der Waals surface area (Å²) in [6.45, 7) is 2.18. The molecule has 1 atom stereocenters. The second-order valence-corrected chi connectivity index (χ2v) is 8.66. The minimum absolute atomic E-state index is 0.0887. The van der Waals surface area contributed by atoms with Crippen molar-refractivity contribution in [2.24, 2.45) is 0 Å². The average molecular weight is 425 g/mol. The summed E-state index contributed by atoms with van der Waals surface area (Å²) < 4.78 is 0. The van der Waals surface area contributed by atoms with Gasteiger partial charge in [0.15, 0.2) is 0 Å². The van der Waals surface area contributed by atoms with Crippen LogP contribution >= 0.6 is 0 Å². The summed E-state index contributed by atoms with van der Waals surface area (Å²) in [6, 6.07) is 53.0. The Labute approximate surface area is 197 Å². The molecule has 0 aliphatic carbocycles. The Morgan fingerprint density at radius 2 is 0.818 bits per heavy atom. The monoisotopic (exact) mass is 424 g/mol. The molecular formula is C33H28. The normalized spacial score (nSPS) is 12.3. The van der Waals surface area contributed by atoms with Crippen molar-refractivity contribution in [2.75, 3.05) is 0 Å². The van der Waals surface area contributed by atoms with Gasteiger partial charge in [-0.1, -0.05) is 151 Å². The summed E-state index contributed by atoms with van der Waals surface area (Å²) in [5.41, 5.74) is 7.36. The standard InChI is InChI=1S/C33H28/c1-26-15-14-18-28(25-26)32(27-16-6-2-7-17-27)33(29-19-8-3-9-20-29,30-21-10-4-11-22-30)31-23-12-5-13-24-31/h2-25,32H,1H3/t32-/m0/s1. The Kier molecular flexibility index (Phi) is 5.91. The number of hydrogen-bond donors (Lipinski definition) is 0. The third-order valence-corrected chi connectivity index (χ3v) is 6.63. The predicted octanol–water partition coefficient (Wildman–Crippen LogP) is 8.16. The maximum Gasteiger partial charge on any atom is 0.0560 e. The smallest absolute Gasteiger partial charge is 0.0560 e. The molecule has 0 fully saturated rings. The van der Waals surface area contributed by atoms with E-state index in [0.717, 1.165) is 0 Å². The molecule has 0 unspecified atom stereocenters. The lowest BCUT2D eigenvalue weighted by Crippen LogP contribution is -2.37. The molecule has 0 spiro atoms. The highest BCUT2D eigenvalue weighted by Gasteiger charge is 2.45. The molecule has 0 nitrogen and oxygen atoms in total. The first-order chi connectivity index (χ1) is 16.3. The number of aryl methyl sites for hydroxylation is 1. The van der Waals surface area contributed by atoms with Gasteiger partial charge < -0.3 is 0 Å². The number of hydrogen-bond acceptors (Lipinski definition) is 0. The van der Waals surface area contributed by atoms with Crippen molar-refractivity contribution in [3.05, 3.63) is 179 Å². The maximum absolute atomic E-state index is 2.35. The maximum atomic E-state index is 2.35. The van der Waals surface area contributed by atoms with Crippen molar-refractivity contribution in [1.29, 1.82) is 0 Å². The van der Waals surface area contributed by atoms with Crippen LogP contribution in [0, 0.1) is 6.92 Å². The molecule has 0 aromatic heterocycles. The van der Waals surface area contributed by atoms with Crippen molar-refractivity contribution < 1.29 is 0 Å². The van der Waals surface area contributed by atoms with Gasteiger partial charge in [-0.3, -0.25) is 0 Å². The van der Waals surface area contributed by atoms with Crippen LogP contribution in [0.15, 0.2) is 146 Å².